The van der Waals surface area contributed by atoms with Crippen LogP contribution in [0.5, 0.6) is 0 Å². The van der Waals surface area contributed by atoms with Gasteiger partial charge in [-0.3, -0.25) is 53.0 Å². The summed E-state index contributed by atoms with van der Waals surface area (Å²) in [7, 11) is 6.06. The fraction of sp³-hybridized carbons (Fsp3) is 0.632. The minimum absolute atomic E-state index is 0.0254. The summed E-state index contributed by atoms with van der Waals surface area (Å²) in [4.78, 5) is 156. The van der Waals surface area contributed by atoms with Gasteiger partial charge in [0.2, 0.25) is 41.4 Å². The molecular formula is C68H104N12O15. The molecule has 2 fully saturated rings. The Morgan fingerprint density at radius 1 is 0.758 bits per heavy atom. The number of primary amides is 1. The van der Waals surface area contributed by atoms with Gasteiger partial charge >= 0.3 is 12.1 Å². The third-order valence-corrected chi connectivity index (χ3v) is 18.5. The van der Waals surface area contributed by atoms with E-state index in [4.69, 9.17) is 19.9 Å². The van der Waals surface area contributed by atoms with E-state index in [0.29, 0.717) is 55.6 Å². The highest BCUT2D eigenvalue weighted by Crippen LogP contribution is 2.32. The molecule has 0 saturated carbocycles. The molecule has 0 spiro atoms. The average Bonchev–Trinajstić information content (AvgIpc) is 1.06. The molecule has 0 aromatic heterocycles. The van der Waals surface area contributed by atoms with Crippen LogP contribution in [0, 0.1) is 29.6 Å². The number of methoxy groups -OCH3 is 2. The lowest BCUT2D eigenvalue weighted by atomic mass is 9.86. The number of likely N-dealkylation sites (tertiary alicyclic amines) is 1. The molecule has 1 unspecified atom stereocenters. The van der Waals surface area contributed by atoms with E-state index in [0.717, 1.165) is 17.1 Å². The van der Waals surface area contributed by atoms with Crippen LogP contribution in [0.15, 0.2) is 66.7 Å². The van der Waals surface area contributed by atoms with E-state index in [1.165, 1.54) is 26.2 Å². The van der Waals surface area contributed by atoms with Gasteiger partial charge in [0, 0.05) is 65.8 Å². The standard InChI is InChI=1S/C68H104N12O15/c1-15-42(8)57(50(93-13)36-53(83)79-35-20-25-49(79)59(94-14)43(9)60(85)72-44(10)58(84)46-22-17-16-18-23-46)77(11)64(89)55(40(4)5)75-63(88)56(41(6)7)78(12)67(92)95-37-45-26-28-47(29-27-45)73-61(86)48(24-19-34-71-66(69)91)74-62(87)54(39(2)3)76-65(90)68(32-21-33-70-38-68)80-51(81)30-31-52(80)82/h16-18,22-23,26-31,39-44,48-50,54-59,70,84H,15,19-21,24-25,32-38H2,1-14H3,(H,72,85)(H,73,86)(H,74,87)(H,75,88)(H,76,90)(H3,69,71,91)/t42-,43+,44+,48-,49-,50+,54-,55-,56-,57-,58+,59+,68?/m0/s1. The molecule has 3 aliphatic rings. The van der Waals surface area contributed by atoms with Gasteiger partial charge in [0.15, 0.2) is 0 Å². The SMILES string of the molecule is CC[C@H](C)[C@@H]([C@@H](CC(=O)N1CCC[C@H]1[C@H](OC)[C@@H](C)C(=O)N[C@H](C)[C@@H](O)c1ccccc1)OC)N(C)C(=O)[C@@H](NC(=O)[C@H](C(C)C)N(C)C(=O)OCc1ccc(NC(=O)[C@H](CCCNC(N)=O)NC(=O)[C@@H](NC(=O)C2(N3C(=O)C=CC3=O)CCCNC2)C(C)C)cc1)C(C)C. The summed E-state index contributed by atoms with van der Waals surface area (Å²) in [6.45, 7) is 18.7. The first-order valence-corrected chi connectivity index (χ1v) is 33.1. The molecule has 12 amide bonds. The number of hydrogen-bond donors (Lipinski definition) is 9. The normalized spacial score (nSPS) is 19.9. The number of benzene rings is 2. The zero-order valence-corrected chi connectivity index (χ0v) is 57.7. The number of carbonyl (C=O) groups excluding carboxylic acids is 11. The van der Waals surface area contributed by atoms with Crippen molar-refractivity contribution >= 4 is 71.0 Å². The Hall–Kier alpha value is -8.01. The molecule has 2 saturated heterocycles. The number of imide groups is 1. The van der Waals surface area contributed by atoms with E-state index in [1.54, 1.807) is 109 Å². The largest absolute Gasteiger partial charge is 0.445 e. The molecule has 95 heavy (non-hydrogen) atoms. The quantitative estimate of drug-likeness (QED) is 0.0357. The summed E-state index contributed by atoms with van der Waals surface area (Å²) >= 11 is 0. The van der Waals surface area contributed by atoms with Crippen molar-refractivity contribution in [3.63, 3.8) is 0 Å². The minimum Gasteiger partial charge on any atom is -0.445 e. The lowest BCUT2D eigenvalue weighted by molar-refractivity contribution is -0.154. The number of nitrogens with two attached hydrogens (primary N) is 1. The van der Waals surface area contributed by atoms with E-state index in [1.807, 2.05) is 32.0 Å². The van der Waals surface area contributed by atoms with Crippen molar-refractivity contribution in [3.05, 3.63) is 77.9 Å². The van der Waals surface area contributed by atoms with E-state index >= 15 is 0 Å². The molecule has 2 aromatic carbocycles. The van der Waals surface area contributed by atoms with Gasteiger partial charge < -0.3 is 72.1 Å². The average molecular weight is 1330 g/mol. The number of hydrogen-bond acceptors (Lipinski definition) is 16. The number of nitrogens with zero attached hydrogens (tertiary/aromatic N) is 4. The second-order valence-corrected chi connectivity index (χ2v) is 26.4. The lowest BCUT2D eigenvalue weighted by Crippen LogP contribution is -2.69. The Morgan fingerprint density at radius 2 is 1.40 bits per heavy atom. The number of anilines is 1. The van der Waals surface area contributed by atoms with Crippen LogP contribution >= 0.6 is 0 Å². The van der Waals surface area contributed by atoms with E-state index in [2.05, 4.69) is 37.2 Å². The Balaban J connectivity index is 1.21. The van der Waals surface area contributed by atoms with Crippen LogP contribution in [0.1, 0.15) is 138 Å². The third kappa shape index (κ3) is 20.3. The third-order valence-electron chi connectivity index (χ3n) is 18.5. The van der Waals surface area contributed by atoms with Crippen LogP contribution in [0.4, 0.5) is 15.3 Å². The molecule has 0 radical (unpaired) electrons. The molecular weight excluding hydrogens is 1220 g/mol. The van der Waals surface area contributed by atoms with Gasteiger partial charge in [0.1, 0.15) is 36.3 Å². The van der Waals surface area contributed by atoms with Gasteiger partial charge in [-0.15, -0.1) is 0 Å². The van der Waals surface area contributed by atoms with Crippen LogP contribution in [0.25, 0.3) is 0 Å². The summed E-state index contributed by atoms with van der Waals surface area (Å²) in [5.41, 5.74) is 5.14. The van der Waals surface area contributed by atoms with Crippen LogP contribution in [-0.4, -0.2) is 205 Å². The van der Waals surface area contributed by atoms with Crippen molar-refractivity contribution in [2.75, 3.05) is 59.8 Å². The van der Waals surface area contributed by atoms with E-state index in [-0.39, 0.29) is 63.1 Å². The van der Waals surface area contributed by atoms with Gasteiger partial charge in [0.05, 0.1) is 48.8 Å². The molecule has 10 N–H and O–H groups in total. The monoisotopic (exact) mass is 1330 g/mol. The number of likely N-dealkylation sites (N-methyl/N-ethyl adjacent to an activating group) is 2. The predicted molar refractivity (Wildman–Crippen MR) is 355 cm³/mol. The van der Waals surface area contributed by atoms with Crippen molar-refractivity contribution < 1.29 is 72.1 Å². The van der Waals surface area contributed by atoms with Crippen molar-refractivity contribution in [2.24, 2.45) is 35.3 Å². The zero-order valence-electron chi connectivity index (χ0n) is 57.7. The Kier molecular flexibility index (Phi) is 29.6. The summed E-state index contributed by atoms with van der Waals surface area (Å²) in [6, 6.07) is 8.32. The summed E-state index contributed by atoms with van der Waals surface area (Å²) in [6.07, 6.45) is 1.61. The molecule has 5 rings (SSSR count). The molecule has 0 aliphatic carbocycles. The zero-order chi connectivity index (χ0) is 70.6. The number of ether oxygens (including phenoxy) is 3. The first-order chi connectivity index (χ1) is 44.9. The van der Waals surface area contributed by atoms with E-state index < -0.39 is 143 Å². The highest BCUT2D eigenvalue weighted by Gasteiger charge is 2.52. The Morgan fingerprint density at radius 3 is 1.96 bits per heavy atom. The fourth-order valence-electron chi connectivity index (χ4n) is 12.9. The topological polar surface area (TPSA) is 359 Å². The maximum absolute atomic E-state index is 14.8. The first-order valence-electron chi connectivity index (χ1n) is 33.1. The van der Waals surface area contributed by atoms with Crippen LogP contribution in [0.2, 0.25) is 0 Å². The predicted octanol–water partition coefficient (Wildman–Crippen LogP) is 3.64. The second-order valence-electron chi connectivity index (χ2n) is 26.4. The first kappa shape index (κ1) is 77.7. The maximum Gasteiger partial charge on any atom is 0.410 e. The molecule has 3 aliphatic heterocycles. The molecule has 27 heteroatoms. The summed E-state index contributed by atoms with van der Waals surface area (Å²) < 4.78 is 17.8. The molecule has 0 bridgehead atoms. The van der Waals surface area contributed by atoms with Gasteiger partial charge in [-0.1, -0.05) is 111 Å². The molecule has 526 valence electrons. The molecule has 13 atom stereocenters. The highest BCUT2D eigenvalue weighted by molar-refractivity contribution is 6.16. The summed E-state index contributed by atoms with van der Waals surface area (Å²) in [5.74, 6) is -7.23. The van der Waals surface area contributed by atoms with Gasteiger partial charge in [-0.05, 0) is 98.9 Å². The number of amides is 12. The summed E-state index contributed by atoms with van der Waals surface area (Å²) in [5, 5.41) is 30.7. The van der Waals surface area contributed by atoms with Crippen molar-refractivity contribution in [3.8, 4) is 0 Å². The Labute approximate surface area is 558 Å². The van der Waals surface area contributed by atoms with E-state index in [9.17, 15) is 57.8 Å². The minimum atomic E-state index is -1.60. The Bertz CT molecular complexity index is 2980. The number of rotatable bonds is 34. The van der Waals surface area contributed by atoms with Crippen LogP contribution in [0.3, 0.4) is 0 Å². The van der Waals surface area contributed by atoms with Crippen molar-refractivity contribution in [1.29, 1.82) is 0 Å². The molecule has 3 heterocycles. The molecule has 27 nitrogen and oxygen atoms in total. The number of carbonyl (C=O) groups is 11. The van der Waals surface area contributed by atoms with Gasteiger partial charge in [0.25, 0.3) is 11.8 Å². The number of nitrogens with one attached hydrogen (secondary N) is 7. The number of urea groups is 1. The number of aliphatic hydroxyl groups excluding tert-OH is 1. The van der Waals surface area contributed by atoms with Gasteiger partial charge in [-0.2, -0.15) is 0 Å². The van der Waals surface area contributed by atoms with Crippen molar-refractivity contribution in [2.45, 2.75) is 193 Å². The van der Waals surface area contributed by atoms with Gasteiger partial charge in [-0.25, -0.2) is 9.59 Å². The molecule has 2 aromatic rings. The van der Waals surface area contributed by atoms with Crippen molar-refractivity contribution in [1.82, 2.24) is 51.5 Å². The fourth-order valence-corrected chi connectivity index (χ4v) is 12.9. The smallest absolute Gasteiger partial charge is 0.410 e. The number of piperidine rings is 1. The highest BCUT2D eigenvalue weighted by atomic mass is 16.6. The lowest BCUT2D eigenvalue weighted by Gasteiger charge is -2.42. The number of aliphatic hydroxyl groups is 1. The van der Waals surface area contributed by atoms with Crippen LogP contribution in [-0.2, 0) is 64.0 Å². The van der Waals surface area contributed by atoms with Crippen LogP contribution < -0.4 is 43.0 Å². The maximum atomic E-state index is 14.8. The second kappa shape index (κ2) is 36.2.